The van der Waals surface area contributed by atoms with E-state index in [1.807, 2.05) is 0 Å². The number of ether oxygens (including phenoxy) is 2. The van der Waals surface area contributed by atoms with Gasteiger partial charge < -0.3 is 19.9 Å². The van der Waals surface area contributed by atoms with Crippen LogP contribution in [0, 0.1) is 5.82 Å². The van der Waals surface area contributed by atoms with Gasteiger partial charge in [0.25, 0.3) is 0 Å². The monoisotopic (exact) mass is 366 g/mol. The topological polar surface area (TPSA) is 62.8 Å². The zero-order valence-electron chi connectivity index (χ0n) is 14.4. The van der Waals surface area contributed by atoms with Gasteiger partial charge >= 0.3 is 0 Å². The molecule has 1 heterocycles. The lowest BCUT2D eigenvalue weighted by Crippen LogP contribution is -2.59. The number of likely N-dealkylation sites (N-methyl/N-ethyl adjacent to an activating group) is 1. The van der Waals surface area contributed by atoms with E-state index in [9.17, 15) is 9.50 Å². The highest BCUT2D eigenvalue weighted by Crippen LogP contribution is 2.51. The molecule has 3 N–H and O–H groups in total. The summed E-state index contributed by atoms with van der Waals surface area (Å²) in [6, 6.07) is 7.74. The third kappa shape index (κ3) is 2.44. The number of hydrogen-bond acceptors (Lipinski definition) is 5. The van der Waals surface area contributed by atoms with Crippen molar-refractivity contribution in [2.45, 2.75) is 18.2 Å². The van der Waals surface area contributed by atoms with Crippen LogP contribution in [-0.4, -0.2) is 32.0 Å². The van der Waals surface area contributed by atoms with Gasteiger partial charge in [-0.3, -0.25) is 5.32 Å². The van der Waals surface area contributed by atoms with Gasteiger partial charge in [0, 0.05) is 27.9 Å². The molecule has 5 nitrogen and oxygen atoms in total. The second-order valence-corrected chi connectivity index (χ2v) is 6.52. The Morgan fingerprint density at radius 1 is 1.12 bits per heavy atom. The fraction of sp³-hybridized carbons (Fsp3) is 0.333. The van der Waals surface area contributed by atoms with Crippen LogP contribution in [0.15, 0.2) is 30.3 Å². The Hall–Kier alpha value is -2.02. The third-order valence-electron chi connectivity index (χ3n) is 4.84. The summed E-state index contributed by atoms with van der Waals surface area (Å²) in [4.78, 5) is 0. The smallest absolute Gasteiger partial charge is 0.163 e. The van der Waals surface area contributed by atoms with Crippen LogP contribution in [0.5, 0.6) is 11.5 Å². The summed E-state index contributed by atoms with van der Waals surface area (Å²) < 4.78 is 25.4. The van der Waals surface area contributed by atoms with Crippen molar-refractivity contribution in [1.29, 1.82) is 0 Å². The number of rotatable bonds is 4. The summed E-state index contributed by atoms with van der Waals surface area (Å²) in [7, 11) is 4.57. The molecule has 2 aromatic rings. The summed E-state index contributed by atoms with van der Waals surface area (Å²) in [6.45, 7) is 1.75. The quantitative estimate of drug-likeness (QED) is 0.776. The summed E-state index contributed by atoms with van der Waals surface area (Å²) in [6.07, 6.45) is 0. The normalized spacial score (nSPS) is 24.6. The summed E-state index contributed by atoms with van der Waals surface area (Å²) in [5.74, 6) is -0.0479. The van der Waals surface area contributed by atoms with Crippen LogP contribution in [0.4, 0.5) is 10.1 Å². The Kier molecular flexibility index (Phi) is 4.31. The van der Waals surface area contributed by atoms with E-state index in [0.29, 0.717) is 22.0 Å². The van der Waals surface area contributed by atoms with Crippen molar-refractivity contribution in [3.63, 3.8) is 0 Å². The molecule has 1 aliphatic heterocycles. The first-order valence-electron chi connectivity index (χ1n) is 7.72. The average Bonchev–Trinajstić information content (AvgIpc) is 2.83. The highest BCUT2D eigenvalue weighted by Gasteiger charge is 2.56. The standard InChI is InChI=1S/C18H20ClFN2O3/c1-17(21-2)18(23,12-7-10(19)5-6-14(12)22-17)11-8-15(24-3)16(25-4)9-13(11)20/h5-9,21-23H,1-4H3. The molecular formula is C18H20ClFN2O3. The van der Waals surface area contributed by atoms with E-state index in [0.717, 1.165) is 0 Å². The van der Waals surface area contributed by atoms with E-state index in [1.54, 1.807) is 32.2 Å². The third-order valence-corrected chi connectivity index (χ3v) is 5.08. The predicted molar refractivity (Wildman–Crippen MR) is 95.0 cm³/mol. The van der Waals surface area contributed by atoms with Crippen molar-refractivity contribution >= 4 is 17.3 Å². The van der Waals surface area contributed by atoms with Gasteiger partial charge in [-0.2, -0.15) is 0 Å². The summed E-state index contributed by atoms with van der Waals surface area (Å²) in [5, 5.41) is 18.4. The van der Waals surface area contributed by atoms with Crippen molar-refractivity contribution < 1.29 is 19.0 Å². The minimum absolute atomic E-state index is 0.0514. The largest absolute Gasteiger partial charge is 0.493 e. The molecule has 7 heteroatoms. The number of hydrogen-bond donors (Lipinski definition) is 3. The number of benzene rings is 2. The molecule has 2 aromatic carbocycles. The van der Waals surface area contributed by atoms with Gasteiger partial charge in [0.05, 0.1) is 14.2 Å². The van der Waals surface area contributed by atoms with Gasteiger partial charge in [0.15, 0.2) is 17.1 Å². The van der Waals surface area contributed by atoms with Crippen LogP contribution >= 0.6 is 11.6 Å². The SMILES string of the molecule is CNC1(C)Nc2ccc(Cl)cc2C1(O)c1cc(OC)c(OC)cc1F. The summed E-state index contributed by atoms with van der Waals surface area (Å²) in [5.41, 5.74) is -1.61. The number of nitrogens with one attached hydrogen (secondary N) is 2. The van der Waals surface area contributed by atoms with Crippen LogP contribution < -0.4 is 20.1 Å². The average molecular weight is 367 g/mol. The molecule has 0 saturated heterocycles. The molecule has 0 bridgehead atoms. The fourth-order valence-corrected chi connectivity index (χ4v) is 3.52. The van der Waals surface area contributed by atoms with Gasteiger partial charge in [-0.15, -0.1) is 0 Å². The molecule has 0 amide bonds. The zero-order chi connectivity index (χ0) is 18.4. The lowest BCUT2D eigenvalue weighted by Gasteiger charge is -2.40. The minimum Gasteiger partial charge on any atom is -0.493 e. The molecule has 0 aliphatic carbocycles. The van der Waals surface area contributed by atoms with Crippen LogP contribution in [0.3, 0.4) is 0 Å². The highest BCUT2D eigenvalue weighted by molar-refractivity contribution is 6.30. The molecule has 1 aliphatic rings. The van der Waals surface area contributed by atoms with Crippen LogP contribution in [0.25, 0.3) is 0 Å². The number of fused-ring (bicyclic) bond motifs is 1. The summed E-state index contributed by atoms with van der Waals surface area (Å²) >= 11 is 6.12. The molecule has 0 saturated carbocycles. The zero-order valence-corrected chi connectivity index (χ0v) is 15.2. The number of aliphatic hydroxyl groups is 1. The van der Waals surface area contributed by atoms with Crippen LogP contribution in [-0.2, 0) is 5.60 Å². The number of methoxy groups -OCH3 is 2. The van der Waals surface area contributed by atoms with Crippen LogP contribution in [0.2, 0.25) is 5.02 Å². The first-order chi connectivity index (χ1) is 11.8. The van der Waals surface area contributed by atoms with E-state index < -0.39 is 17.1 Å². The second kappa shape index (κ2) is 6.05. The van der Waals surface area contributed by atoms with Crippen molar-refractivity contribution in [3.8, 4) is 11.5 Å². The molecular weight excluding hydrogens is 347 g/mol. The van der Waals surface area contributed by atoms with Crippen molar-refractivity contribution in [2.75, 3.05) is 26.6 Å². The van der Waals surface area contributed by atoms with E-state index in [4.69, 9.17) is 21.1 Å². The molecule has 0 spiro atoms. The molecule has 0 radical (unpaired) electrons. The lowest BCUT2D eigenvalue weighted by molar-refractivity contribution is 0.00976. The maximum absolute atomic E-state index is 14.9. The Morgan fingerprint density at radius 3 is 2.36 bits per heavy atom. The lowest BCUT2D eigenvalue weighted by atomic mass is 9.79. The first-order valence-corrected chi connectivity index (χ1v) is 8.10. The predicted octanol–water partition coefficient (Wildman–Crippen LogP) is 3.09. The Morgan fingerprint density at radius 2 is 1.76 bits per heavy atom. The Labute approximate surface area is 150 Å². The first kappa shape index (κ1) is 17.8. The minimum atomic E-state index is -1.73. The van der Waals surface area contributed by atoms with E-state index in [-0.39, 0.29) is 11.3 Å². The molecule has 2 atom stereocenters. The molecule has 0 aromatic heterocycles. The molecule has 25 heavy (non-hydrogen) atoms. The molecule has 3 rings (SSSR count). The maximum atomic E-state index is 14.9. The fourth-order valence-electron chi connectivity index (χ4n) is 3.34. The van der Waals surface area contributed by atoms with Crippen molar-refractivity contribution in [1.82, 2.24) is 5.32 Å². The number of anilines is 1. The molecule has 0 fully saturated rings. The van der Waals surface area contributed by atoms with Gasteiger partial charge in [-0.25, -0.2) is 4.39 Å². The Balaban J connectivity index is 2.32. The molecule has 2 unspecified atom stereocenters. The van der Waals surface area contributed by atoms with Gasteiger partial charge in [0.2, 0.25) is 0 Å². The second-order valence-electron chi connectivity index (χ2n) is 6.09. The van der Waals surface area contributed by atoms with E-state index >= 15 is 0 Å². The highest BCUT2D eigenvalue weighted by atomic mass is 35.5. The number of halogens is 2. The van der Waals surface area contributed by atoms with Gasteiger partial charge in [0.1, 0.15) is 11.5 Å². The van der Waals surface area contributed by atoms with Crippen LogP contribution in [0.1, 0.15) is 18.1 Å². The van der Waals surface area contributed by atoms with Gasteiger partial charge in [-0.05, 0) is 38.2 Å². The van der Waals surface area contributed by atoms with Crippen molar-refractivity contribution in [3.05, 3.63) is 52.3 Å². The van der Waals surface area contributed by atoms with Crippen molar-refractivity contribution in [2.24, 2.45) is 0 Å². The van der Waals surface area contributed by atoms with E-state index in [1.165, 1.54) is 26.4 Å². The van der Waals surface area contributed by atoms with E-state index in [2.05, 4.69) is 10.6 Å². The maximum Gasteiger partial charge on any atom is 0.163 e. The van der Waals surface area contributed by atoms with Gasteiger partial charge in [-0.1, -0.05) is 11.6 Å². The molecule has 134 valence electrons. The Bertz CT molecular complexity index is 832.